The van der Waals surface area contributed by atoms with Crippen LogP contribution in [-0.4, -0.2) is 10.5 Å². The highest BCUT2D eigenvalue weighted by Crippen LogP contribution is 2.48. The lowest BCUT2D eigenvalue weighted by Gasteiger charge is -2.19. The van der Waals surface area contributed by atoms with Crippen LogP contribution in [0.4, 0.5) is 0 Å². The summed E-state index contributed by atoms with van der Waals surface area (Å²) in [5, 5.41) is 1.76. The topological polar surface area (TPSA) is 0 Å². The average molecular weight is 218 g/mol. The Morgan fingerprint density at radius 2 is 1.69 bits per heavy atom. The van der Waals surface area contributed by atoms with Gasteiger partial charge in [-0.3, -0.25) is 0 Å². The first-order valence-corrected chi connectivity index (χ1v) is 7.74. The smallest absolute Gasteiger partial charge is 0.0162 e. The fraction of sp³-hybridized carbons (Fsp3) is 1.00. The standard InChI is InChI=1S/C11H22S2/c1-5-8(2)6-7-11-9(3)12-13-10(11)4/h8-11H,5-7H2,1-4H3. The molecule has 0 nitrogen and oxygen atoms in total. The molecule has 1 fully saturated rings. The van der Waals surface area contributed by atoms with Gasteiger partial charge in [0.05, 0.1) is 0 Å². The van der Waals surface area contributed by atoms with Gasteiger partial charge in [0, 0.05) is 10.5 Å². The molecule has 0 amide bonds. The minimum Gasteiger partial charge on any atom is -0.0904 e. The van der Waals surface area contributed by atoms with Gasteiger partial charge < -0.3 is 0 Å². The second-order valence-corrected chi connectivity index (χ2v) is 7.38. The summed E-state index contributed by atoms with van der Waals surface area (Å²) in [5.41, 5.74) is 0. The summed E-state index contributed by atoms with van der Waals surface area (Å²) in [7, 11) is 4.18. The molecule has 0 N–H and O–H groups in total. The van der Waals surface area contributed by atoms with Crippen LogP contribution in [-0.2, 0) is 0 Å². The van der Waals surface area contributed by atoms with E-state index in [4.69, 9.17) is 0 Å². The summed E-state index contributed by atoms with van der Waals surface area (Å²) in [5.74, 6) is 1.89. The van der Waals surface area contributed by atoms with Gasteiger partial charge in [-0.1, -0.05) is 62.1 Å². The van der Waals surface area contributed by atoms with Crippen molar-refractivity contribution < 1.29 is 0 Å². The molecule has 0 radical (unpaired) electrons. The lowest BCUT2D eigenvalue weighted by molar-refractivity contribution is 0.402. The highest BCUT2D eigenvalue weighted by Gasteiger charge is 2.31. The fourth-order valence-corrected chi connectivity index (χ4v) is 5.24. The molecular formula is C11H22S2. The molecule has 3 atom stereocenters. The van der Waals surface area contributed by atoms with Crippen LogP contribution in [0, 0.1) is 11.8 Å². The third-order valence-electron chi connectivity index (χ3n) is 3.25. The van der Waals surface area contributed by atoms with Crippen molar-refractivity contribution in [2.75, 3.05) is 0 Å². The molecule has 0 aliphatic carbocycles. The van der Waals surface area contributed by atoms with E-state index in [0.29, 0.717) is 0 Å². The van der Waals surface area contributed by atoms with Gasteiger partial charge in [0.1, 0.15) is 0 Å². The van der Waals surface area contributed by atoms with Crippen LogP contribution < -0.4 is 0 Å². The van der Waals surface area contributed by atoms with Gasteiger partial charge in [-0.15, -0.1) is 0 Å². The molecular weight excluding hydrogens is 196 g/mol. The average Bonchev–Trinajstić information content (AvgIpc) is 2.43. The SMILES string of the molecule is CCC(C)CCC1C(C)SSC1C. The molecule has 0 spiro atoms. The first kappa shape index (κ1) is 11.8. The molecule has 1 saturated heterocycles. The summed E-state index contributed by atoms with van der Waals surface area (Å²) < 4.78 is 0. The van der Waals surface area contributed by atoms with E-state index in [1.807, 2.05) is 0 Å². The molecule has 0 aromatic heterocycles. The van der Waals surface area contributed by atoms with Crippen LogP contribution in [0.15, 0.2) is 0 Å². The van der Waals surface area contributed by atoms with E-state index in [1.165, 1.54) is 19.3 Å². The van der Waals surface area contributed by atoms with E-state index in [9.17, 15) is 0 Å². The van der Waals surface area contributed by atoms with Crippen LogP contribution in [0.2, 0.25) is 0 Å². The zero-order valence-electron chi connectivity index (χ0n) is 9.25. The lowest BCUT2D eigenvalue weighted by Crippen LogP contribution is -2.17. The van der Waals surface area contributed by atoms with Crippen molar-refractivity contribution in [2.45, 2.75) is 57.5 Å². The van der Waals surface area contributed by atoms with Gasteiger partial charge in [-0.25, -0.2) is 0 Å². The Morgan fingerprint density at radius 3 is 2.15 bits per heavy atom. The molecule has 0 saturated carbocycles. The van der Waals surface area contributed by atoms with Crippen LogP contribution in [0.5, 0.6) is 0 Å². The summed E-state index contributed by atoms with van der Waals surface area (Å²) in [6.07, 6.45) is 4.21. The van der Waals surface area contributed by atoms with Crippen molar-refractivity contribution in [1.82, 2.24) is 0 Å². The number of hydrogen-bond donors (Lipinski definition) is 0. The third-order valence-corrected chi connectivity index (χ3v) is 6.83. The highest BCUT2D eigenvalue weighted by molar-refractivity contribution is 8.77. The van der Waals surface area contributed by atoms with Gasteiger partial charge in [0.15, 0.2) is 0 Å². The maximum Gasteiger partial charge on any atom is 0.0162 e. The Labute approximate surface area is 91.0 Å². The Hall–Kier alpha value is 0.700. The summed E-state index contributed by atoms with van der Waals surface area (Å²) in [4.78, 5) is 0. The molecule has 1 rings (SSSR count). The van der Waals surface area contributed by atoms with Gasteiger partial charge in [0.2, 0.25) is 0 Å². The highest BCUT2D eigenvalue weighted by atomic mass is 33.1. The van der Waals surface area contributed by atoms with Crippen LogP contribution in [0.25, 0.3) is 0 Å². The predicted molar refractivity (Wildman–Crippen MR) is 66.3 cm³/mol. The van der Waals surface area contributed by atoms with Gasteiger partial charge >= 0.3 is 0 Å². The van der Waals surface area contributed by atoms with Crippen molar-refractivity contribution >= 4 is 21.6 Å². The molecule has 3 unspecified atom stereocenters. The minimum atomic E-state index is 0.879. The molecule has 1 aliphatic rings. The maximum atomic E-state index is 2.39. The van der Waals surface area contributed by atoms with E-state index in [2.05, 4.69) is 49.3 Å². The molecule has 0 aromatic carbocycles. The Kier molecular flexibility index (Phi) is 5.03. The second-order valence-electron chi connectivity index (χ2n) is 4.36. The van der Waals surface area contributed by atoms with Crippen molar-refractivity contribution in [3.8, 4) is 0 Å². The predicted octanol–water partition coefficient (Wildman–Crippen LogP) is 4.60. The van der Waals surface area contributed by atoms with E-state index >= 15 is 0 Å². The molecule has 13 heavy (non-hydrogen) atoms. The summed E-state index contributed by atoms with van der Waals surface area (Å²) in [6, 6.07) is 0. The molecule has 0 aromatic rings. The molecule has 78 valence electrons. The zero-order chi connectivity index (χ0) is 9.84. The van der Waals surface area contributed by atoms with Crippen LogP contribution >= 0.6 is 21.6 Å². The van der Waals surface area contributed by atoms with Crippen molar-refractivity contribution in [3.63, 3.8) is 0 Å². The molecule has 1 aliphatic heterocycles. The third kappa shape index (κ3) is 3.39. The summed E-state index contributed by atoms with van der Waals surface area (Å²) in [6.45, 7) is 9.46. The fourth-order valence-electron chi connectivity index (χ4n) is 1.85. The number of hydrogen-bond acceptors (Lipinski definition) is 2. The van der Waals surface area contributed by atoms with E-state index < -0.39 is 0 Å². The van der Waals surface area contributed by atoms with Crippen molar-refractivity contribution in [2.24, 2.45) is 11.8 Å². The molecule has 0 bridgehead atoms. The van der Waals surface area contributed by atoms with Crippen molar-refractivity contribution in [3.05, 3.63) is 0 Å². The number of rotatable bonds is 4. The normalized spacial score (nSPS) is 36.5. The largest absolute Gasteiger partial charge is 0.0904 e. The van der Waals surface area contributed by atoms with Crippen LogP contribution in [0.3, 0.4) is 0 Å². The summed E-state index contributed by atoms with van der Waals surface area (Å²) >= 11 is 0. The molecule has 2 heteroatoms. The van der Waals surface area contributed by atoms with Gasteiger partial charge in [-0.2, -0.15) is 0 Å². The molecule has 1 heterocycles. The first-order valence-electron chi connectivity index (χ1n) is 5.47. The van der Waals surface area contributed by atoms with Gasteiger partial charge in [-0.05, 0) is 18.3 Å². The van der Waals surface area contributed by atoms with Crippen molar-refractivity contribution in [1.29, 1.82) is 0 Å². The Balaban J connectivity index is 2.27. The minimum absolute atomic E-state index is 0.879. The Bertz CT molecular complexity index is 137. The Morgan fingerprint density at radius 1 is 1.15 bits per heavy atom. The lowest BCUT2D eigenvalue weighted by atomic mass is 9.91. The van der Waals surface area contributed by atoms with Crippen LogP contribution in [0.1, 0.15) is 47.0 Å². The monoisotopic (exact) mass is 218 g/mol. The maximum absolute atomic E-state index is 2.39. The van der Waals surface area contributed by atoms with Gasteiger partial charge in [0.25, 0.3) is 0 Å². The van der Waals surface area contributed by atoms with E-state index in [-0.39, 0.29) is 0 Å². The van der Waals surface area contributed by atoms with E-state index in [1.54, 1.807) is 0 Å². The van der Waals surface area contributed by atoms with E-state index in [0.717, 1.165) is 22.3 Å². The second kappa shape index (κ2) is 5.55. The zero-order valence-corrected chi connectivity index (χ0v) is 10.9. The quantitative estimate of drug-likeness (QED) is 0.632. The first-order chi connectivity index (χ1) is 6.15.